The fourth-order valence-corrected chi connectivity index (χ4v) is 6.85. The van der Waals surface area contributed by atoms with Crippen molar-refractivity contribution in [2.75, 3.05) is 6.54 Å². The number of carbonyl (C=O) groups excluding carboxylic acids is 2. The van der Waals surface area contributed by atoms with E-state index in [2.05, 4.69) is 12.1 Å². The minimum atomic E-state index is -1.14. The monoisotopic (exact) mass is 352 g/mol. The van der Waals surface area contributed by atoms with Crippen LogP contribution in [0.4, 0.5) is 0 Å². The fraction of sp³-hybridized carbons (Fsp3) is 0.636. The molecule has 1 aromatic carbocycles. The van der Waals surface area contributed by atoms with Crippen LogP contribution in [0.25, 0.3) is 0 Å². The summed E-state index contributed by atoms with van der Waals surface area (Å²) in [5, 5.41) is 11.3. The lowest BCUT2D eigenvalue weighted by Gasteiger charge is -2.57. The summed E-state index contributed by atoms with van der Waals surface area (Å²) in [5.41, 5.74) is 2.33. The molecule has 0 N–H and O–H groups in total. The topological polar surface area (TPSA) is 60.4 Å². The van der Waals surface area contributed by atoms with E-state index in [0.717, 1.165) is 24.2 Å². The molecule has 4 nitrogen and oxygen atoms in total. The third kappa shape index (κ3) is 2.49. The van der Waals surface area contributed by atoms with E-state index >= 15 is 0 Å². The minimum absolute atomic E-state index is 0.172. The highest BCUT2D eigenvalue weighted by atomic mass is 16.4. The summed E-state index contributed by atoms with van der Waals surface area (Å²) in [6.45, 7) is 0.508. The molecule has 4 bridgehead atoms. The molecule has 138 valence electrons. The van der Waals surface area contributed by atoms with Gasteiger partial charge in [0.1, 0.15) is 0 Å². The van der Waals surface area contributed by atoms with Crippen LogP contribution in [-0.2, 0) is 10.2 Å². The number of benzene rings is 1. The van der Waals surface area contributed by atoms with Crippen molar-refractivity contribution >= 4 is 11.9 Å². The number of carboxylic acids is 1. The summed E-state index contributed by atoms with van der Waals surface area (Å²) in [7, 11) is 0. The van der Waals surface area contributed by atoms with Crippen LogP contribution in [0, 0.1) is 17.8 Å². The van der Waals surface area contributed by atoms with Crippen LogP contribution in [0.2, 0.25) is 0 Å². The van der Waals surface area contributed by atoms with E-state index in [4.69, 9.17) is 0 Å². The summed E-state index contributed by atoms with van der Waals surface area (Å²) >= 11 is 0. The molecule has 0 aromatic heterocycles. The second-order valence-electron chi connectivity index (χ2n) is 9.25. The van der Waals surface area contributed by atoms with Crippen molar-refractivity contribution in [2.24, 2.45) is 17.8 Å². The van der Waals surface area contributed by atoms with E-state index in [0.29, 0.717) is 23.9 Å². The van der Waals surface area contributed by atoms with Gasteiger partial charge in [-0.15, -0.1) is 0 Å². The molecular formula is C22H26NO3-. The van der Waals surface area contributed by atoms with Crippen LogP contribution in [0.1, 0.15) is 67.3 Å². The Morgan fingerprint density at radius 2 is 1.54 bits per heavy atom. The molecule has 0 unspecified atom stereocenters. The number of rotatable bonds is 3. The highest BCUT2D eigenvalue weighted by Gasteiger charge is 2.51. The lowest BCUT2D eigenvalue weighted by molar-refractivity contribution is -0.310. The molecule has 1 heterocycles. The Labute approximate surface area is 154 Å². The second kappa shape index (κ2) is 5.83. The molecule has 1 aromatic rings. The first-order valence-electron chi connectivity index (χ1n) is 10.2. The van der Waals surface area contributed by atoms with Gasteiger partial charge in [0, 0.05) is 12.1 Å². The predicted molar refractivity (Wildman–Crippen MR) is 95.4 cm³/mol. The normalized spacial score (nSPS) is 37.9. The van der Waals surface area contributed by atoms with Crippen molar-refractivity contribution in [1.29, 1.82) is 0 Å². The van der Waals surface area contributed by atoms with Crippen LogP contribution < -0.4 is 5.11 Å². The lowest BCUT2D eigenvalue weighted by Crippen LogP contribution is -2.48. The van der Waals surface area contributed by atoms with E-state index in [1.54, 1.807) is 0 Å². The molecule has 4 heteroatoms. The predicted octanol–water partition coefficient (Wildman–Crippen LogP) is 2.51. The maximum atomic E-state index is 12.8. The zero-order valence-corrected chi connectivity index (χ0v) is 15.2. The van der Waals surface area contributed by atoms with Gasteiger partial charge in [-0.3, -0.25) is 4.79 Å². The van der Waals surface area contributed by atoms with Crippen molar-refractivity contribution in [2.45, 2.75) is 62.8 Å². The van der Waals surface area contributed by atoms with Crippen LogP contribution >= 0.6 is 0 Å². The van der Waals surface area contributed by atoms with Crippen LogP contribution in [0.5, 0.6) is 0 Å². The second-order valence-corrected chi connectivity index (χ2v) is 9.25. The standard InChI is InChI=1S/C22H27NO3/c24-20(23-7-1-2-19(23)21(25)26)17-3-5-18(6-4-17)22-11-14-8-15(12-22)10-16(9-14)13-22/h3-6,14-16,19H,1-2,7-13H2,(H,25,26)/p-1/t14?,15?,16?,19-,22?/m1/s1. The summed E-state index contributed by atoms with van der Waals surface area (Å²) in [4.78, 5) is 25.5. The lowest BCUT2D eigenvalue weighted by atomic mass is 9.48. The van der Waals surface area contributed by atoms with Crippen molar-refractivity contribution in [3.8, 4) is 0 Å². The molecule has 5 aliphatic rings. The molecule has 4 aliphatic carbocycles. The third-order valence-electron chi connectivity index (χ3n) is 7.57. The number of carbonyl (C=O) groups is 2. The quantitative estimate of drug-likeness (QED) is 0.840. The smallest absolute Gasteiger partial charge is 0.254 e. The molecule has 1 atom stereocenters. The molecule has 26 heavy (non-hydrogen) atoms. The van der Waals surface area contributed by atoms with E-state index in [9.17, 15) is 14.7 Å². The van der Waals surface area contributed by atoms with Gasteiger partial charge in [0.2, 0.25) is 0 Å². The molecule has 5 fully saturated rings. The molecular weight excluding hydrogens is 326 g/mol. The molecule has 6 rings (SSSR count). The van der Waals surface area contributed by atoms with Crippen molar-refractivity contribution < 1.29 is 14.7 Å². The molecule has 1 amide bonds. The third-order valence-corrected chi connectivity index (χ3v) is 7.57. The highest BCUT2D eigenvalue weighted by molar-refractivity contribution is 5.96. The Morgan fingerprint density at radius 3 is 2.08 bits per heavy atom. The highest BCUT2D eigenvalue weighted by Crippen LogP contribution is 2.60. The van der Waals surface area contributed by atoms with E-state index in [1.807, 2.05) is 12.1 Å². The summed E-state index contributed by atoms with van der Waals surface area (Å²) in [6.07, 6.45) is 9.44. The van der Waals surface area contributed by atoms with Gasteiger partial charge in [0.25, 0.3) is 5.91 Å². The van der Waals surface area contributed by atoms with E-state index in [1.165, 1.54) is 49.0 Å². The fourth-order valence-electron chi connectivity index (χ4n) is 6.85. The number of carboxylic acid groups (broad SMARTS) is 1. The summed E-state index contributed by atoms with van der Waals surface area (Å²) in [6, 6.07) is 7.35. The van der Waals surface area contributed by atoms with Crippen molar-refractivity contribution in [1.82, 2.24) is 4.90 Å². The average molecular weight is 352 g/mol. The Balaban J connectivity index is 1.38. The molecule has 0 spiro atoms. The maximum Gasteiger partial charge on any atom is 0.254 e. The van der Waals surface area contributed by atoms with Crippen LogP contribution in [0.15, 0.2) is 24.3 Å². The van der Waals surface area contributed by atoms with Crippen LogP contribution in [-0.4, -0.2) is 29.4 Å². The first-order chi connectivity index (χ1) is 12.5. The molecule has 4 saturated carbocycles. The number of aliphatic carboxylic acids is 1. The van der Waals surface area contributed by atoms with Crippen molar-refractivity contribution in [3.05, 3.63) is 35.4 Å². The molecule has 1 aliphatic heterocycles. The van der Waals surface area contributed by atoms with Gasteiger partial charge in [-0.25, -0.2) is 0 Å². The Morgan fingerprint density at radius 1 is 0.962 bits per heavy atom. The number of hydrogen-bond acceptors (Lipinski definition) is 3. The number of nitrogens with zero attached hydrogens (tertiary/aromatic N) is 1. The van der Waals surface area contributed by atoms with E-state index in [-0.39, 0.29) is 5.91 Å². The SMILES string of the molecule is O=C([O-])[C@H]1CCCN1C(=O)c1ccc(C23CC4CC(CC(C4)C2)C3)cc1. The van der Waals surface area contributed by atoms with Gasteiger partial charge in [0.15, 0.2) is 0 Å². The Hall–Kier alpha value is -1.84. The average Bonchev–Trinajstić information content (AvgIpc) is 3.10. The van der Waals surface area contributed by atoms with Gasteiger partial charge in [-0.05, 0) is 92.2 Å². The minimum Gasteiger partial charge on any atom is -0.548 e. The summed E-state index contributed by atoms with van der Waals surface area (Å²) < 4.78 is 0. The van der Waals surface area contributed by atoms with Gasteiger partial charge in [0.05, 0.1) is 12.0 Å². The van der Waals surface area contributed by atoms with Gasteiger partial charge >= 0.3 is 0 Å². The largest absolute Gasteiger partial charge is 0.548 e. The number of amides is 1. The first-order valence-corrected chi connectivity index (χ1v) is 10.2. The first kappa shape index (κ1) is 16.3. The zero-order valence-electron chi connectivity index (χ0n) is 15.2. The Kier molecular flexibility index (Phi) is 3.67. The zero-order chi connectivity index (χ0) is 17.9. The summed E-state index contributed by atoms with van der Waals surface area (Å²) in [5.74, 6) is 1.39. The van der Waals surface area contributed by atoms with Crippen LogP contribution in [0.3, 0.4) is 0 Å². The Bertz CT molecular complexity index is 703. The van der Waals surface area contributed by atoms with Gasteiger partial charge in [-0.1, -0.05) is 12.1 Å². The van der Waals surface area contributed by atoms with E-state index < -0.39 is 12.0 Å². The van der Waals surface area contributed by atoms with Crippen molar-refractivity contribution in [3.63, 3.8) is 0 Å². The molecule has 1 saturated heterocycles. The maximum absolute atomic E-state index is 12.8. The van der Waals surface area contributed by atoms with Gasteiger partial charge in [-0.2, -0.15) is 0 Å². The van der Waals surface area contributed by atoms with Gasteiger partial charge < -0.3 is 14.8 Å². The number of hydrogen-bond donors (Lipinski definition) is 0. The molecule has 0 radical (unpaired) electrons. The number of likely N-dealkylation sites (tertiary alicyclic amines) is 1.